The van der Waals surface area contributed by atoms with Crippen LogP contribution < -0.4 is 5.32 Å². The Hall–Kier alpha value is -1.47. The third kappa shape index (κ3) is 2.07. The minimum atomic E-state index is -0.354. The summed E-state index contributed by atoms with van der Waals surface area (Å²) < 4.78 is 2.33. The van der Waals surface area contributed by atoms with E-state index in [4.69, 9.17) is 12.2 Å². The van der Waals surface area contributed by atoms with E-state index in [9.17, 15) is 4.79 Å². The van der Waals surface area contributed by atoms with Crippen LogP contribution in [-0.2, 0) is 4.79 Å². The van der Waals surface area contributed by atoms with Gasteiger partial charge in [0.25, 0.3) is 0 Å². The molecule has 3 fully saturated rings. The summed E-state index contributed by atoms with van der Waals surface area (Å²) in [7, 11) is 0. The molecule has 5 atom stereocenters. The van der Waals surface area contributed by atoms with Crippen molar-refractivity contribution in [1.29, 1.82) is 0 Å². The first-order valence-electron chi connectivity index (χ1n) is 8.66. The van der Waals surface area contributed by atoms with Crippen LogP contribution in [0.4, 0.5) is 0 Å². The van der Waals surface area contributed by atoms with Crippen LogP contribution in [-0.4, -0.2) is 26.7 Å². The summed E-state index contributed by atoms with van der Waals surface area (Å²) in [4.78, 5) is 13.8. The fourth-order valence-electron chi connectivity index (χ4n) is 5.16. The van der Waals surface area contributed by atoms with E-state index in [0.29, 0.717) is 10.8 Å². The van der Waals surface area contributed by atoms with Crippen molar-refractivity contribution in [2.75, 3.05) is 0 Å². The highest BCUT2D eigenvalue weighted by atomic mass is 32.1. The van der Waals surface area contributed by atoms with Gasteiger partial charge in [-0.1, -0.05) is 6.07 Å². The summed E-state index contributed by atoms with van der Waals surface area (Å²) in [5.41, 5.74) is 0. The highest BCUT2D eigenvalue weighted by Gasteiger charge is 2.65. The zero-order valence-corrected chi connectivity index (χ0v) is 15.1. The molecule has 2 aromatic heterocycles. The second-order valence-corrected chi connectivity index (χ2v) is 8.73. The Labute approximate surface area is 149 Å². The van der Waals surface area contributed by atoms with Crippen LogP contribution in [0, 0.1) is 28.4 Å². The summed E-state index contributed by atoms with van der Waals surface area (Å²) >= 11 is 6.97. The van der Waals surface area contributed by atoms with Crippen molar-refractivity contribution in [2.24, 2.45) is 23.7 Å². The lowest BCUT2D eigenvalue weighted by atomic mass is 10.0. The molecule has 5 unspecified atom stereocenters. The van der Waals surface area contributed by atoms with Gasteiger partial charge in [0.2, 0.25) is 5.91 Å². The Bertz CT molecular complexity index is 823. The first-order valence-corrected chi connectivity index (χ1v) is 9.95. The fourth-order valence-corrected chi connectivity index (χ4v) is 6.16. The zero-order valence-electron chi connectivity index (χ0n) is 13.4. The molecule has 2 aromatic rings. The molecular formula is C17H20N4OS2. The molecule has 7 heteroatoms. The predicted molar refractivity (Wildman–Crippen MR) is 95.2 cm³/mol. The molecule has 2 heterocycles. The van der Waals surface area contributed by atoms with Gasteiger partial charge in [-0.3, -0.25) is 14.5 Å². The Balaban J connectivity index is 1.36. The van der Waals surface area contributed by atoms with Gasteiger partial charge in [-0.2, -0.15) is 5.10 Å². The lowest BCUT2D eigenvalue weighted by molar-refractivity contribution is -0.124. The maximum atomic E-state index is 12.8. The number of nitrogens with zero attached hydrogens (tertiary/aromatic N) is 2. The number of nitrogens with one attached hydrogen (secondary N) is 2. The summed E-state index contributed by atoms with van der Waals surface area (Å²) in [5.74, 6) is 4.01. The Kier molecular flexibility index (Phi) is 3.25. The van der Waals surface area contributed by atoms with Gasteiger partial charge in [-0.05, 0) is 73.5 Å². The number of aromatic amines is 1. The van der Waals surface area contributed by atoms with E-state index < -0.39 is 0 Å². The van der Waals surface area contributed by atoms with E-state index >= 15 is 0 Å². The van der Waals surface area contributed by atoms with Gasteiger partial charge in [0.15, 0.2) is 10.6 Å². The van der Waals surface area contributed by atoms with Crippen molar-refractivity contribution in [3.05, 3.63) is 22.3 Å². The molecule has 24 heavy (non-hydrogen) atoms. The molecule has 5 rings (SSSR count). The predicted octanol–water partition coefficient (Wildman–Crippen LogP) is 3.39. The van der Waals surface area contributed by atoms with E-state index in [1.54, 1.807) is 11.3 Å². The Morgan fingerprint density at radius 2 is 2.21 bits per heavy atom. The second-order valence-electron chi connectivity index (χ2n) is 7.40. The Morgan fingerprint density at radius 1 is 1.46 bits per heavy atom. The highest BCUT2D eigenvalue weighted by Crippen LogP contribution is 2.65. The molecule has 2 N–H and O–H groups in total. The van der Waals surface area contributed by atoms with E-state index in [1.165, 1.54) is 19.3 Å². The number of amides is 1. The number of aromatic nitrogens is 3. The van der Waals surface area contributed by atoms with E-state index in [-0.39, 0.29) is 11.9 Å². The molecule has 3 aliphatic carbocycles. The van der Waals surface area contributed by atoms with Crippen LogP contribution in [0.15, 0.2) is 17.5 Å². The number of hydrogen-bond acceptors (Lipinski definition) is 4. The quantitative estimate of drug-likeness (QED) is 0.822. The van der Waals surface area contributed by atoms with Crippen molar-refractivity contribution < 1.29 is 4.79 Å². The molecule has 0 saturated heterocycles. The Morgan fingerprint density at radius 3 is 2.88 bits per heavy atom. The lowest BCUT2D eigenvalue weighted by Gasteiger charge is -2.17. The third-order valence-corrected chi connectivity index (χ3v) is 7.41. The minimum Gasteiger partial charge on any atom is -0.351 e. The number of hydrogen-bond donors (Lipinski definition) is 2. The number of rotatable bonds is 4. The topological polar surface area (TPSA) is 62.7 Å². The average molecular weight is 361 g/mol. The molecule has 0 radical (unpaired) electrons. The van der Waals surface area contributed by atoms with Gasteiger partial charge in [0, 0.05) is 6.04 Å². The molecule has 2 bridgehead atoms. The first kappa shape index (κ1) is 14.8. The molecule has 3 aliphatic rings. The van der Waals surface area contributed by atoms with Crippen LogP contribution >= 0.6 is 23.6 Å². The molecular weight excluding hydrogens is 340 g/mol. The van der Waals surface area contributed by atoms with E-state index in [2.05, 4.69) is 15.5 Å². The maximum absolute atomic E-state index is 12.8. The highest BCUT2D eigenvalue weighted by molar-refractivity contribution is 7.71. The van der Waals surface area contributed by atoms with Crippen LogP contribution in [0.25, 0.3) is 10.7 Å². The zero-order chi connectivity index (χ0) is 16.4. The van der Waals surface area contributed by atoms with Gasteiger partial charge in [-0.25, -0.2) is 0 Å². The number of carbonyl (C=O) groups excluding carboxylic acids is 1. The van der Waals surface area contributed by atoms with Crippen molar-refractivity contribution in [2.45, 2.75) is 38.3 Å². The van der Waals surface area contributed by atoms with E-state index in [0.717, 1.165) is 34.4 Å². The minimum absolute atomic E-state index is 0.0594. The lowest BCUT2D eigenvalue weighted by Crippen LogP contribution is -2.35. The number of carbonyl (C=O) groups is 1. The summed E-state index contributed by atoms with van der Waals surface area (Å²) in [6, 6.07) is 4.03. The summed E-state index contributed by atoms with van der Waals surface area (Å²) in [6.07, 6.45) is 4.12. The molecule has 1 amide bonds. The summed E-state index contributed by atoms with van der Waals surface area (Å²) in [5, 5.41) is 12.5. The van der Waals surface area contributed by atoms with Gasteiger partial charge >= 0.3 is 0 Å². The van der Waals surface area contributed by atoms with Gasteiger partial charge in [-0.15, -0.1) is 11.3 Å². The van der Waals surface area contributed by atoms with Crippen molar-refractivity contribution in [3.63, 3.8) is 0 Å². The second kappa shape index (κ2) is 5.26. The molecule has 0 aliphatic heterocycles. The number of H-pyrrole nitrogens is 1. The largest absolute Gasteiger partial charge is 0.351 e. The van der Waals surface area contributed by atoms with Gasteiger partial charge < -0.3 is 5.32 Å². The normalized spacial score (nSPS) is 34.1. The third-order valence-electron chi connectivity index (χ3n) is 6.26. The molecule has 5 nitrogen and oxygen atoms in total. The summed E-state index contributed by atoms with van der Waals surface area (Å²) in [6.45, 7) is 1.91. The monoisotopic (exact) mass is 360 g/mol. The molecule has 0 spiro atoms. The molecule has 126 valence electrons. The number of thiophene rings is 1. The van der Waals surface area contributed by atoms with Crippen molar-refractivity contribution in [1.82, 2.24) is 20.1 Å². The van der Waals surface area contributed by atoms with Crippen molar-refractivity contribution in [3.8, 4) is 10.7 Å². The first-order chi connectivity index (χ1) is 11.6. The number of fused-ring (bicyclic) bond motifs is 5. The van der Waals surface area contributed by atoms with Gasteiger partial charge in [0.05, 0.1) is 4.88 Å². The van der Waals surface area contributed by atoms with Gasteiger partial charge in [0.1, 0.15) is 6.04 Å². The maximum Gasteiger partial charge on any atom is 0.243 e. The van der Waals surface area contributed by atoms with Crippen LogP contribution in [0.3, 0.4) is 0 Å². The van der Waals surface area contributed by atoms with Crippen LogP contribution in [0.5, 0.6) is 0 Å². The fraction of sp³-hybridized carbons (Fsp3) is 0.588. The molecule has 3 saturated carbocycles. The standard InChI is InChI=1S/C17H20N4OS2/c1-8(21-15(19-20-17(21)23)11-3-2-6-24-11)16(22)18-14-12-9-4-5-10(7-9)13(12)14/h2-3,6,8-10,12-14H,4-5,7H2,1H3,(H,18,22)(H,20,23). The average Bonchev–Trinajstić information content (AvgIpc) is 3.12. The van der Waals surface area contributed by atoms with Crippen LogP contribution in [0.2, 0.25) is 0 Å². The SMILES string of the molecule is CC(C(=O)NC1C2C3CCC(C3)C12)n1c(-c2cccs2)n[nH]c1=S. The smallest absolute Gasteiger partial charge is 0.243 e. The van der Waals surface area contributed by atoms with E-state index in [1.807, 2.05) is 29.0 Å². The molecule has 0 aromatic carbocycles. The van der Waals surface area contributed by atoms with Crippen molar-refractivity contribution >= 4 is 29.5 Å². The van der Waals surface area contributed by atoms with Crippen LogP contribution in [0.1, 0.15) is 32.2 Å².